The molecule has 0 atom stereocenters. The molecule has 0 aliphatic rings. The highest BCUT2D eigenvalue weighted by Gasteiger charge is 2.20. The third-order valence-corrected chi connectivity index (χ3v) is 13.4. The Labute approximate surface area is 365 Å². The van der Waals surface area contributed by atoms with Gasteiger partial charge in [0.2, 0.25) is 0 Å². The summed E-state index contributed by atoms with van der Waals surface area (Å²) in [4.78, 5) is 15.7. The predicted molar refractivity (Wildman–Crippen MR) is 262 cm³/mol. The average molecular weight is 823 g/mol. The van der Waals surface area contributed by atoms with Crippen LogP contribution in [0.2, 0.25) is 0 Å². The molecule has 5 nitrogen and oxygen atoms in total. The minimum absolute atomic E-state index is 0.588. The number of nitrogens with zero attached hydrogens (tertiary/aromatic N) is 4. The molecule has 0 unspecified atom stereocenters. The van der Waals surface area contributed by atoms with E-state index in [1.165, 1.54) is 42.1 Å². The maximum Gasteiger partial charge on any atom is 0.164 e. The lowest BCUT2D eigenvalue weighted by atomic mass is 9.99. The van der Waals surface area contributed by atoms with Crippen molar-refractivity contribution in [3.8, 4) is 62.1 Å². The summed E-state index contributed by atoms with van der Waals surface area (Å²) in [5, 5.41) is 6.91. The van der Waals surface area contributed by atoms with Crippen molar-refractivity contribution >= 4 is 75.3 Å². The van der Waals surface area contributed by atoms with Gasteiger partial charge in [0.15, 0.2) is 17.5 Å². The van der Waals surface area contributed by atoms with Crippen molar-refractivity contribution in [2.24, 2.45) is 0 Å². The van der Waals surface area contributed by atoms with Gasteiger partial charge >= 0.3 is 0 Å². The third kappa shape index (κ3) is 5.80. The molecule has 0 bridgehead atoms. The van der Waals surface area contributed by atoms with Gasteiger partial charge in [-0.2, -0.15) is 0 Å². The quantitative estimate of drug-likeness (QED) is 0.168. The van der Waals surface area contributed by atoms with Gasteiger partial charge in [0.1, 0.15) is 11.2 Å². The average Bonchev–Trinajstić information content (AvgIpc) is 4.03. The summed E-state index contributed by atoms with van der Waals surface area (Å²) < 4.78 is 11.5. The van der Waals surface area contributed by atoms with Crippen LogP contribution in [0.4, 0.5) is 0 Å². The molecule has 0 aliphatic carbocycles. The SMILES string of the molecule is c1ccc(-c2ccc(-c3nc(-c4ccc5c(c4)sc4cccc(-c6ccccc6)c45)nc(-c4cccc5oc6cc(-n7c8ccccc8c8ccccc87)ccc6c45)n3)cc2)cc1. The molecular weight excluding hydrogens is 789 g/mol. The van der Waals surface area contributed by atoms with E-state index in [9.17, 15) is 0 Å². The Morgan fingerprint density at radius 3 is 1.70 bits per heavy atom. The number of aromatic nitrogens is 4. The Bertz CT molecular complexity index is 3850. The summed E-state index contributed by atoms with van der Waals surface area (Å²) in [6.07, 6.45) is 0. The normalized spacial score (nSPS) is 11.8. The van der Waals surface area contributed by atoms with Crippen molar-refractivity contribution in [3.05, 3.63) is 206 Å². The Kier molecular flexibility index (Phi) is 8.01. The van der Waals surface area contributed by atoms with Gasteiger partial charge in [-0.05, 0) is 64.7 Å². The molecule has 0 spiro atoms. The molecule has 0 N–H and O–H groups in total. The van der Waals surface area contributed by atoms with Crippen LogP contribution in [0.3, 0.4) is 0 Å². The highest BCUT2D eigenvalue weighted by Crippen LogP contribution is 2.43. The topological polar surface area (TPSA) is 56.7 Å². The fraction of sp³-hybridized carbons (Fsp3) is 0. The standard InChI is InChI=1S/C57H34N4OS/c1-3-13-35(14-4-1)36-25-27-38(28-26-36)55-58-56(39-29-31-45-52(33-39)63-51-24-12-19-41(54(45)51)37-15-5-2-6-16-37)60-57(59-55)46-20-11-23-49-53(46)44-32-30-40(34-50(44)62-49)61-47-21-9-7-17-42(47)43-18-8-10-22-48(43)61/h1-34H. The first-order chi connectivity index (χ1) is 31.2. The van der Waals surface area contributed by atoms with E-state index in [0.717, 1.165) is 66.5 Å². The summed E-state index contributed by atoms with van der Waals surface area (Å²) in [7, 11) is 0. The van der Waals surface area contributed by atoms with Crippen LogP contribution in [0, 0.1) is 0 Å². The number of furan rings is 1. The van der Waals surface area contributed by atoms with Gasteiger partial charge in [0.05, 0.1) is 11.0 Å². The molecule has 0 radical (unpaired) electrons. The van der Waals surface area contributed by atoms with Gasteiger partial charge in [-0.1, -0.05) is 158 Å². The molecule has 63 heavy (non-hydrogen) atoms. The molecule has 9 aromatic carbocycles. The van der Waals surface area contributed by atoms with E-state index in [4.69, 9.17) is 19.4 Å². The summed E-state index contributed by atoms with van der Waals surface area (Å²) >= 11 is 1.80. The van der Waals surface area contributed by atoms with Crippen LogP contribution < -0.4 is 0 Å². The first-order valence-corrected chi connectivity index (χ1v) is 21.9. The molecule has 0 saturated carbocycles. The largest absolute Gasteiger partial charge is 0.456 e. The van der Waals surface area contributed by atoms with Gasteiger partial charge in [-0.25, -0.2) is 15.0 Å². The molecule has 6 heteroatoms. The van der Waals surface area contributed by atoms with Crippen LogP contribution in [0.1, 0.15) is 0 Å². The van der Waals surface area contributed by atoms with Crippen LogP contribution in [0.25, 0.3) is 126 Å². The van der Waals surface area contributed by atoms with Crippen molar-refractivity contribution in [1.82, 2.24) is 19.5 Å². The Morgan fingerprint density at radius 2 is 0.937 bits per heavy atom. The molecule has 0 amide bonds. The second kappa shape index (κ2) is 14.2. The van der Waals surface area contributed by atoms with E-state index in [2.05, 4.69) is 193 Å². The molecule has 4 heterocycles. The molecule has 294 valence electrons. The Morgan fingerprint density at radius 1 is 0.349 bits per heavy atom. The van der Waals surface area contributed by atoms with E-state index in [1.807, 2.05) is 18.2 Å². The highest BCUT2D eigenvalue weighted by molar-refractivity contribution is 7.26. The minimum atomic E-state index is 0.588. The monoisotopic (exact) mass is 822 g/mol. The van der Waals surface area contributed by atoms with E-state index >= 15 is 0 Å². The number of thiophene rings is 1. The fourth-order valence-electron chi connectivity index (χ4n) is 9.36. The van der Waals surface area contributed by atoms with Gasteiger partial charge in [0.25, 0.3) is 0 Å². The smallest absolute Gasteiger partial charge is 0.164 e. The van der Waals surface area contributed by atoms with Crippen LogP contribution in [-0.2, 0) is 0 Å². The lowest BCUT2D eigenvalue weighted by molar-refractivity contribution is 0.668. The first-order valence-electron chi connectivity index (χ1n) is 21.1. The van der Waals surface area contributed by atoms with Gasteiger partial charge in [0, 0.05) is 70.2 Å². The number of fused-ring (bicyclic) bond motifs is 9. The second-order valence-electron chi connectivity index (χ2n) is 15.9. The van der Waals surface area contributed by atoms with Crippen molar-refractivity contribution in [2.45, 2.75) is 0 Å². The predicted octanol–water partition coefficient (Wildman–Crippen LogP) is 15.6. The molecule has 4 aromatic heterocycles. The van der Waals surface area contributed by atoms with Crippen molar-refractivity contribution in [3.63, 3.8) is 0 Å². The van der Waals surface area contributed by atoms with Crippen molar-refractivity contribution in [2.75, 3.05) is 0 Å². The molecule has 13 aromatic rings. The minimum Gasteiger partial charge on any atom is -0.456 e. The van der Waals surface area contributed by atoms with E-state index in [0.29, 0.717) is 17.5 Å². The van der Waals surface area contributed by atoms with Gasteiger partial charge < -0.3 is 8.98 Å². The summed E-state index contributed by atoms with van der Waals surface area (Å²) in [6.45, 7) is 0. The molecule has 0 saturated heterocycles. The van der Waals surface area contributed by atoms with Crippen LogP contribution in [-0.4, -0.2) is 19.5 Å². The van der Waals surface area contributed by atoms with Gasteiger partial charge in [-0.15, -0.1) is 11.3 Å². The van der Waals surface area contributed by atoms with Crippen LogP contribution in [0.15, 0.2) is 211 Å². The lowest BCUT2D eigenvalue weighted by Crippen LogP contribution is -2.00. The second-order valence-corrected chi connectivity index (χ2v) is 17.0. The summed E-state index contributed by atoms with van der Waals surface area (Å²) in [5.41, 5.74) is 12.4. The number of hydrogen-bond acceptors (Lipinski definition) is 5. The Hall–Kier alpha value is -8.19. The van der Waals surface area contributed by atoms with E-state index in [-0.39, 0.29) is 0 Å². The number of hydrogen-bond donors (Lipinski definition) is 0. The molecular formula is C57H34N4OS. The zero-order valence-corrected chi connectivity index (χ0v) is 34.6. The molecule has 0 fully saturated rings. The fourth-order valence-corrected chi connectivity index (χ4v) is 10.5. The molecule has 0 aliphatic heterocycles. The third-order valence-electron chi connectivity index (χ3n) is 12.3. The first kappa shape index (κ1) is 35.6. The Balaban J connectivity index is 0.983. The van der Waals surface area contributed by atoms with E-state index < -0.39 is 0 Å². The molecule has 13 rings (SSSR count). The lowest BCUT2D eigenvalue weighted by Gasteiger charge is -2.10. The summed E-state index contributed by atoms with van der Waals surface area (Å²) in [6, 6.07) is 72.6. The maximum atomic E-state index is 6.70. The summed E-state index contributed by atoms with van der Waals surface area (Å²) in [5.74, 6) is 1.81. The van der Waals surface area contributed by atoms with E-state index in [1.54, 1.807) is 11.3 Å². The van der Waals surface area contributed by atoms with Crippen LogP contribution >= 0.6 is 11.3 Å². The maximum absolute atomic E-state index is 6.70. The zero-order valence-electron chi connectivity index (χ0n) is 33.7. The van der Waals surface area contributed by atoms with Crippen LogP contribution in [0.5, 0.6) is 0 Å². The van der Waals surface area contributed by atoms with Crippen molar-refractivity contribution < 1.29 is 4.42 Å². The zero-order chi connectivity index (χ0) is 41.4. The number of benzene rings is 9. The number of rotatable bonds is 6. The number of para-hydroxylation sites is 2. The van der Waals surface area contributed by atoms with Gasteiger partial charge in [-0.3, -0.25) is 0 Å². The van der Waals surface area contributed by atoms with Crippen molar-refractivity contribution in [1.29, 1.82) is 0 Å². The highest BCUT2D eigenvalue weighted by atomic mass is 32.1.